The number of benzene rings is 1. The van der Waals surface area contributed by atoms with Gasteiger partial charge in [-0.05, 0) is 24.9 Å². The molecule has 0 saturated carbocycles. The molecule has 96 valence electrons. The fraction of sp³-hybridized carbons (Fsp3) is 0.429. The highest BCUT2D eigenvalue weighted by atomic mass is 16.5. The fourth-order valence-electron chi connectivity index (χ4n) is 1.86. The first-order valence-electron chi connectivity index (χ1n) is 6.23. The molecule has 4 nitrogen and oxygen atoms in total. The van der Waals surface area contributed by atoms with Crippen LogP contribution in [0.1, 0.15) is 36.9 Å². The standard InChI is InChI=1S/C14H19N3O/c1-10(2)8-15-13(14-16-9-17-18-14)12-6-4-5-11(3)7-12/h4-7,9-10,13,15H,8H2,1-3H3. The number of hydrogen-bond acceptors (Lipinski definition) is 4. The maximum absolute atomic E-state index is 5.20. The van der Waals surface area contributed by atoms with Crippen molar-refractivity contribution in [3.63, 3.8) is 0 Å². The summed E-state index contributed by atoms with van der Waals surface area (Å²) < 4.78 is 5.20. The molecule has 0 saturated heterocycles. The van der Waals surface area contributed by atoms with Crippen molar-refractivity contribution in [2.75, 3.05) is 6.54 Å². The zero-order valence-electron chi connectivity index (χ0n) is 11.1. The van der Waals surface area contributed by atoms with E-state index in [4.69, 9.17) is 4.52 Å². The van der Waals surface area contributed by atoms with Crippen molar-refractivity contribution in [1.29, 1.82) is 0 Å². The summed E-state index contributed by atoms with van der Waals surface area (Å²) in [4.78, 5) is 4.16. The summed E-state index contributed by atoms with van der Waals surface area (Å²) >= 11 is 0. The molecule has 0 bridgehead atoms. The minimum atomic E-state index is -0.0326. The van der Waals surface area contributed by atoms with Crippen molar-refractivity contribution in [2.24, 2.45) is 5.92 Å². The van der Waals surface area contributed by atoms with Crippen LogP contribution in [0.2, 0.25) is 0 Å². The molecule has 0 spiro atoms. The molecule has 1 heterocycles. The Morgan fingerprint density at radius 1 is 1.33 bits per heavy atom. The number of nitrogens with zero attached hydrogens (tertiary/aromatic N) is 2. The maximum atomic E-state index is 5.20. The number of nitrogens with one attached hydrogen (secondary N) is 1. The van der Waals surface area contributed by atoms with Crippen LogP contribution in [0.15, 0.2) is 35.1 Å². The Morgan fingerprint density at radius 2 is 2.17 bits per heavy atom. The molecule has 1 N–H and O–H groups in total. The second-order valence-electron chi connectivity index (χ2n) is 4.93. The molecule has 0 radical (unpaired) electrons. The predicted molar refractivity (Wildman–Crippen MR) is 70.2 cm³/mol. The van der Waals surface area contributed by atoms with Gasteiger partial charge in [0.25, 0.3) is 0 Å². The van der Waals surface area contributed by atoms with Crippen molar-refractivity contribution in [3.05, 3.63) is 47.6 Å². The molecule has 0 amide bonds. The summed E-state index contributed by atoms with van der Waals surface area (Å²) in [6.07, 6.45) is 1.44. The monoisotopic (exact) mass is 245 g/mol. The van der Waals surface area contributed by atoms with Crippen molar-refractivity contribution >= 4 is 0 Å². The lowest BCUT2D eigenvalue weighted by atomic mass is 10.0. The quantitative estimate of drug-likeness (QED) is 0.880. The van der Waals surface area contributed by atoms with Gasteiger partial charge in [0.15, 0.2) is 6.33 Å². The molecule has 1 aromatic heterocycles. The first kappa shape index (κ1) is 12.8. The van der Waals surface area contributed by atoms with E-state index in [1.165, 1.54) is 11.9 Å². The molecular weight excluding hydrogens is 226 g/mol. The Labute approximate surface area is 107 Å². The van der Waals surface area contributed by atoms with E-state index >= 15 is 0 Å². The van der Waals surface area contributed by atoms with Gasteiger partial charge in [0.2, 0.25) is 5.89 Å². The Hall–Kier alpha value is -1.68. The first-order chi connectivity index (χ1) is 8.66. The predicted octanol–water partition coefficient (Wildman–Crippen LogP) is 2.71. The number of aromatic nitrogens is 2. The molecular formula is C14H19N3O. The van der Waals surface area contributed by atoms with Crippen LogP contribution in [-0.2, 0) is 0 Å². The lowest BCUT2D eigenvalue weighted by Gasteiger charge is -2.17. The van der Waals surface area contributed by atoms with Gasteiger partial charge in [-0.3, -0.25) is 0 Å². The van der Waals surface area contributed by atoms with Gasteiger partial charge in [-0.25, -0.2) is 0 Å². The molecule has 2 rings (SSSR count). The fourth-order valence-corrected chi connectivity index (χ4v) is 1.86. The molecule has 0 fully saturated rings. The van der Waals surface area contributed by atoms with Gasteiger partial charge < -0.3 is 9.84 Å². The Morgan fingerprint density at radius 3 is 2.78 bits per heavy atom. The van der Waals surface area contributed by atoms with Crippen LogP contribution < -0.4 is 5.32 Å². The SMILES string of the molecule is Cc1cccc(C(NCC(C)C)c2ncno2)c1. The van der Waals surface area contributed by atoms with Crippen molar-refractivity contribution in [3.8, 4) is 0 Å². The van der Waals surface area contributed by atoms with Crippen LogP contribution in [0.25, 0.3) is 0 Å². The van der Waals surface area contributed by atoms with Gasteiger partial charge in [0, 0.05) is 0 Å². The van der Waals surface area contributed by atoms with E-state index < -0.39 is 0 Å². The van der Waals surface area contributed by atoms with Crippen LogP contribution in [-0.4, -0.2) is 16.7 Å². The molecule has 2 aromatic rings. The highest BCUT2D eigenvalue weighted by Gasteiger charge is 2.19. The molecule has 18 heavy (non-hydrogen) atoms. The van der Waals surface area contributed by atoms with E-state index in [0.29, 0.717) is 11.8 Å². The normalized spacial score (nSPS) is 12.9. The van der Waals surface area contributed by atoms with E-state index in [9.17, 15) is 0 Å². The van der Waals surface area contributed by atoms with Gasteiger partial charge in [0.05, 0.1) is 0 Å². The minimum absolute atomic E-state index is 0.0326. The minimum Gasteiger partial charge on any atom is -0.338 e. The average Bonchev–Trinajstić information content (AvgIpc) is 2.83. The molecule has 1 atom stereocenters. The highest BCUT2D eigenvalue weighted by Crippen LogP contribution is 2.21. The van der Waals surface area contributed by atoms with Crippen LogP contribution in [0.5, 0.6) is 0 Å². The third-order valence-electron chi connectivity index (χ3n) is 2.73. The Bertz CT molecular complexity index is 480. The lowest BCUT2D eigenvalue weighted by Crippen LogP contribution is -2.26. The second kappa shape index (κ2) is 5.78. The highest BCUT2D eigenvalue weighted by molar-refractivity contribution is 5.28. The summed E-state index contributed by atoms with van der Waals surface area (Å²) in [6, 6.07) is 8.31. The zero-order valence-corrected chi connectivity index (χ0v) is 11.1. The summed E-state index contributed by atoms with van der Waals surface area (Å²) in [5.41, 5.74) is 2.38. The van der Waals surface area contributed by atoms with Gasteiger partial charge in [-0.15, -0.1) is 0 Å². The summed E-state index contributed by atoms with van der Waals surface area (Å²) in [5, 5.41) is 7.16. The summed E-state index contributed by atoms with van der Waals surface area (Å²) in [7, 11) is 0. The number of rotatable bonds is 5. The molecule has 4 heteroatoms. The van der Waals surface area contributed by atoms with E-state index in [2.05, 4.69) is 54.4 Å². The van der Waals surface area contributed by atoms with Gasteiger partial charge in [-0.2, -0.15) is 4.98 Å². The lowest BCUT2D eigenvalue weighted by molar-refractivity contribution is 0.342. The van der Waals surface area contributed by atoms with E-state index in [-0.39, 0.29) is 6.04 Å². The number of hydrogen-bond donors (Lipinski definition) is 1. The molecule has 1 unspecified atom stereocenters. The first-order valence-corrected chi connectivity index (χ1v) is 6.23. The van der Waals surface area contributed by atoms with Crippen molar-refractivity contribution in [2.45, 2.75) is 26.8 Å². The second-order valence-corrected chi connectivity index (χ2v) is 4.93. The molecule has 0 aliphatic carbocycles. The van der Waals surface area contributed by atoms with Crippen molar-refractivity contribution in [1.82, 2.24) is 15.5 Å². The van der Waals surface area contributed by atoms with Gasteiger partial charge in [0.1, 0.15) is 6.04 Å². The topological polar surface area (TPSA) is 51.0 Å². The van der Waals surface area contributed by atoms with Crippen LogP contribution in [0.4, 0.5) is 0 Å². The van der Waals surface area contributed by atoms with Crippen LogP contribution in [0, 0.1) is 12.8 Å². The summed E-state index contributed by atoms with van der Waals surface area (Å²) in [5.74, 6) is 1.18. The smallest absolute Gasteiger partial charge is 0.248 e. The van der Waals surface area contributed by atoms with Crippen molar-refractivity contribution < 1.29 is 4.52 Å². The van der Waals surface area contributed by atoms with Crippen LogP contribution >= 0.6 is 0 Å². The van der Waals surface area contributed by atoms with E-state index in [1.54, 1.807) is 0 Å². The average molecular weight is 245 g/mol. The van der Waals surface area contributed by atoms with E-state index in [1.807, 2.05) is 6.07 Å². The maximum Gasteiger partial charge on any atom is 0.248 e. The zero-order chi connectivity index (χ0) is 13.0. The van der Waals surface area contributed by atoms with Gasteiger partial charge in [-0.1, -0.05) is 48.8 Å². The molecule has 0 aliphatic heterocycles. The Balaban J connectivity index is 2.24. The third kappa shape index (κ3) is 3.17. The van der Waals surface area contributed by atoms with Crippen LogP contribution in [0.3, 0.4) is 0 Å². The van der Waals surface area contributed by atoms with Gasteiger partial charge >= 0.3 is 0 Å². The molecule has 1 aromatic carbocycles. The summed E-state index contributed by atoms with van der Waals surface area (Å²) in [6.45, 7) is 7.33. The largest absolute Gasteiger partial charge is 0.338 e. The molecule has 0 aliphatic rings. The number of aryl methyl sites for hydroxylation is 1. The third-order valence-corrected chi connectivity index (χ3v) is 2.73. The Kier molecular flexibility index (Phi) is 4.10. The van der Waals surface area contributed by atoms with E-state index in [0.717, 1.165) is 12.1 Å².